The van der Waals surface area contributed by atoms with Crippen molar-refractivity contribution in [2.24, 2.45) is 0 Å². The molecule has 5 nitrogen and oxygen atoms in total. The van der Waals surface area contributed by atoms with Crippen molar-refractivity contribution < 1.29 is 9.59 Å². The van der Waals surface area contributed by atoms with Gasteiger partial charge >= 0.3 is 0 Å². The molecule has 29 heavy (non-hydrogen) atoms. The van der Waals surface area contributed by atoms with Crippen molar-refractivity contribution >= 4 is 23.2 Å². The second kappa shape index (κ2) is 10.0. The molecule has 0 saturated heterocycles. The zero-order valence-corrected chi connectivity index (χ0v) is 18.4. The molecule has 0 saturated carbocycles. The highest BCUT2D eigenvalue weighted by Crippen LogP contribution is 2.43. The summed E-state index contributed by atoms with van der Waals surface area (Å²) in [5.41, 5.74) is 1.45. The third-order valence-electron chi connectivity index (χ3n) is 5.70. The Labute approximate surface area is 177 Å². The molecular weight excluding hydrogens is 382 g/mol. The van der Waals surface area contributed by atoms with Gasteiger partial charge in [-0.15, -0.1) is 11.3 Å². The van der Waals surface area contributed by atoms with Crippen LogP contribution in [0, 0.1) is 0 Å². The van der Waals surface area contributed by atoms with Crippen LogP contribution in [0.4, 0.5) is 0 Å². The Kier molecular flexibility index (Phi) is 7.45. The monoisotopic (exact) mass is 413 g/mol. The van der Waals surface area contributed by atoms with Crippen molar-refractivity contribution in [2.45, 2.75) is 38.6 Å². The minimum atomic E-state index is -0.404. The van der Waals surface area contributed by atoms with Gasteiger partial charge in [0.25, 0.3) is 5.91 Å². The summed E-state index contributed by atoms with van der Waals surface area (Å²) in [4.78, 5) is 31.4. The summed E-state index contributed by atoms with van der Waals surface area (Å²) >= 11 is 1.59. The second-order valence-corrected chi connectivity index (χ2v) is 8.50. The van der Waals surface area contributed by atoms with E-state index in [0.717, 1.165) is 30.1 Å². The summed E-state index contributed by atoms with van der Waals surface area (Å²) in [6.45, 7) is 7.85. The molecule has 0 unspecified atom stereocenters. The molecule has 0 radical (unpaired) electrons. The predicted molar refractivity (Wildman–Crippen MR) is 118 cm³/mol. The van der Waals surface area contributed by atoms with Crippen molar-refractivity contribution in [1.82, 2.24) is 15.1 Å². The molecule has 1 aliphatic heterocycles. The third kappa shape index (κ3) is 4.70. The van der Waals surface area contributed by atoms with Crippen LogP contribution in [0.2, 0.25) is 0 Å². The minimum Gasteiger partial charge on any atom is -0.354 e. The standard InChI is InChI=1S/C23H31N3O2S/c1-4-6-14-26(5-2)15-13-24-22(27)20-17-10-7-8-11-18(17)23(28)25(3)21(20)19-12-9-16-29-19/h7-12,16,20-21H,4-6,13-15H2,1-3H3,(H,24,27)/t20-,21-/m0/s1. The fourth-order valence-corrected chi connectivity index (χ4v) is 4.93. The average molecular weight is 414 g/mol. The minimum absolute atomic E-state index is 0.0123. The van der Waals surface area contributed by atoms with E-state index >= 15 is 0 Å². The molecule has 3 rings (SSSR count). The molecule has 0 aliphatic carbocycles. The van der Waals surface area contributed by atoms with E-state index in [1.54, 1.807) is 23.3 Å². The van der Waals surface area contributed by atoms with Gasteiger partial charge in [-0.1, -0.05) is 44.5 Å². The number of amides is 2. The fourth-order valence-electron chi connectivity index (χ4n) is 4.03. The first-order valence-corrected chi connectivity index (χ1v) is 11.4. The number of likely N-dealkylation sites (N-methyl/N-ethyl adjacent to an activating group) is 2. The van der Waals surface area contributed by atoms with Crippen LogP contribution in [0.25, 0.3) is 0 Å². The maximum Gasteiger partial charge on any atom is 0.254 e. The molecule has 6 heteroatoms. The lowest BCUT2D eigenvalue weighted by Crippen LogP contribution is -2.46. The van der Waals surface area contributed by atoms with Gasteiger partial charge in [0.2, 0.25) is 5.91 Å². The smallest absolute Gasteiger partial charge is 0.254 e. The lowest BCUT2D eigenvalue weighted by atomic mass is 9.82. The molecule has 1 aliphatic rings. The lowest BCUT2D eigenvalue weighted by molar-refractivity contribution is -0.124. The second-order valence-electron chi connectivity index (χ2n) is 7.52. The number of unbranched alkanes of at least 4 members (excludes halogenated alkanes) is 1. The van der Waals surface area contributed by atoms with E-state index in [4.69, 9.17) is 0 Å². The zero-order valence-electron chi connectivity index (χ0n) is 17.6. The van der Waals surface area contributed by atoms with E-state index in [1.807, 2.05) is 41.8 Å². The molecule has 2 amide bonds. The van der Waals surface area contributed by atoms with Gasteiger partial charge in [-0.3, -0.25) is 9.59 Å². The highest BCUT2D eigenvalue weighted by molar-refractivity contribution is 7.10. The molecular formula is C23H31N3O2S. The maximum absolute atomic E-state index is 13.3. The van der Waals surface area contributed by atoms with E-state index in [9.17, 15) is 9.59 Å². The number of nitrogens with zero attached hydrogens (tertiary/aromatic N) is 2. The number of carbonyl (C=O) groups is 2. The van der Waals surface area contributed by atoms with Gasteiger partial charge < -0.3 is 15.1 Å². The number of hydrogen-bond donors (Lipinski definition) is 1. The topological polar surface area (TPSA) is 52.7 Å². The number of rotatable bonds is 9. The van der Waals surface area contributed by atoms with Crippen LogP contribution in [0.1, 0.15) is 59.4 Å². The van der Waals surface area contributed by atoms with Gasteiger partial charge in [0.1, 0.15) is 0 Å². The Balaban J connectivity index is 1.81. The quantitative estimate of drug-likeness (QED) is 0.678. The Bertz CT molecular complexity index is 821. The van der Waals surface area contributed by atoms with Gasteiger partial charge in [0, 0.05) is 30.6 Å². The molecule has 0 bridgehead atoms. The van der Waals surface area contributed by atoms with E-state index < -0.39 is 5.92 Å². The van der Waals surface area contributed by atoms with Crippen molar-refractivity contribution in [1.29, 1.82) is 0 Å². The van der Waals surface area contributed by atoms with E-state index in [2.05, 4.69) is 24.1 Å². The molecule has 2 atom stereocenters. The number of carbonyl (C=O) groups excluding carboxylic acids is 2. The van der Waals surface area contributed by atoms with Crippen LogP contribution in [0.3, 0.4) is 0 Å². The Morgan fingerprint density at radius 1 is 1.17 bits per heavy atom. The number of benzene rings is 1. The summed E-state index contributed by atoms with van der Waals surface area (Å²) in [7, 11) is 1.80. The van der Waals surface area contributed by atoms with Gasteiger partial charge in [-0.2, -0.15) is 0 Å². The summed E-state index contributed by atoms with van der Waals surface area (Å²) in [5, 5.41) is 5.14. The highest BCUT2D eigenvalue weighted by atomic mass is 32.1. The summed E-state index contributed by atoms with van der Waals surface area (Å²) in [6.07, 6.45) is 2.34. The highest BCUT2D eigenvalue weighted by Gasteiger charge is 2.42. The molecule has 0 spiro atoms. The zero-order chi connectivity index (χ0) is 20.8. The van der Waals surface area contributed by atoms with Gasteiger partial charge in [-0.05, 0) is 42.6 Å². The first-order valence-electron chi connectivity index (χ1n) is 10.5. The first-order chi connectivity index (χ1) is 14.1. The Morgan fingerprint density at radius 3 is 2.66 bits per heavy atom. The average Bonchev–Trinajstić information content (AvgIpc) is 3.27. The largest absolute Gasteiger partial charge is 0.354 e. The van der Waals surface area contributed by atoms with Crippen LogP contribution < -0.4 is 5.32 Å². The van der Waals surface area contributed by atoms with Gasteiger partial charge in [0.05, 0.1) is 12.0 Å². The van der Waals surface area contributed by atoms with Crippen molar-refractivity contribution in [3.05, 3.63) is 57.8 Å². The van der Waals surface area contributed by atoms with Gasteiger partial charge in [0.15, 0.2) is 0 Å². The number of thiophene rings is 1. The van der Waals surface area contributed by atoms with Crippen molar-refractivity contribution in [2.75, 3.05) is 33.2 Å². The Morgan fingerprint density at radius 2 is 1.97 bits per heavy atom. The SMILES string of the molecule is CCCCN(CC)CCNC(=O)[C@H]1c2ccccc2C(=O)N(C)[C@H]1c1cccs1. The number of nitrogens with one attached hydrogen (secondary N) is 1. The molecule has 156 valence electrons. The molecule has 1 aromatic heterocycles. The molecule has 2 aromatic rings. The summed E-state index contributed by atoms with van der Waals surface area (Å²) in [5.74, 6) is -0.445. The van der Waals surface area contributed by atoms with E-state index in [-0.39, 0.29) is 17.9 Å². The van der Waals surface area contributed by atoms with Crippen LogP contribution in [-0.2, 0) is 4.79 Å². The van der Waals surface area contributed by atoms with Crippen LogP contribution in [-0.4, -0.2) is 54.8 Å². The van der Waals surface area contributed by atoms with Crippen molar-refractivity contribution in [3.8, 4) is 0 Å². The molecule has 0 fully saturated rings. The summed E-state index contributed by atoms with van der Waals surface area (Å²) < 4.78 is 0. The molecule has 1 aromatic carbocycles. The van der Waals surface area contributed by atoms with Crippen LogP contribution in [0.15, 0.2) is 41.8 Å². The third-order valence-corrected chi connectivity index (χ3v) is 6.64. The van der Waals surface area contributed by atoms with E-state index in [0.29, 0.717) is 12.1 Å². The van der Waals surface area contributed by atoms with Gasteiger partial charge in [-0.25, -0.2) is 0 Å². The van der Waals surface area contributed by atoms with E-state index in [1.165, 1.54) is 12.8 Å². The maximum atomic E-state index is 13.3. The van der Waals surface area contributed by atoms with Crippen LogP contribution >= 0.6 is 11.3 Å². The number of fused-ring (bicyclic) bond motifs is 1. The van der Waals surface area contributed by atoms with Crippen molar-refractivity contribution in [3.63, 3.8) is 0 Å². The van der Waals surface area contributed by atoms with Crippen LogP contribution in [0.5, 0.6) is 0 Å². The first kappa shape index (κ1) is 21.5. The lowest BCUT2D eigenvalue weighted by Gasteiger charge is -2.39. The fraction of sp³-hybridized carbons (Fsp3) is 0.478. The molecule has 2 heterocycles. The normalized spacial score (nSPS) is 18.8. The molecule has 1 N–H and O–H groups in total. The number of hydrogen-bond acceptors (Lipinski definition) is 4. The summed E-state index contributed by atoms with van der Waals surface area (Å²) in [6, 6.07) is 11.2. The predicted octanol–water partition coefficient (Wildman–Crippen LogP) is 3.90. The Hall–Kier alpha value is -2.18.